The number of benzene rings is 3. The van der Waals surface area contributed by atoms with Crippen molar-refractivity contribution < 1.29 is 14.3 Å². The van der Waals surface area contributed by atoms with Crippen molar-refractivity contribution in [2.45, 2.75) is 38.0 Å². The molecule has 0 bridgehead atoms. The fourth-order valence-corrected chi connectivity index (χ4v) is 6.38. The zero-order valence-corrected chi connectivity index (χ0v) is 27.1. The number of aromatic nitrogens is 3. The number of hydrogen-bond donors (Lipinski definition) is 3. The number of halogens is 1. The van der Waals surface area contributed by atoms with Crippen molar-refractivity contribution in [2.24, 2.45) is 0 Å². The molecule has 3 heterocycles. The summed E-state index contributed by atoms with van der Waals surface area (Å²) in [5, 5.41) is 9.26. The van der Waals surface area contributed by atoms with Gasteiger partial charge >= 0.3 is 0 Å². The van der Waals surface area contributed by atoms with Crippen molar-refractivity contribution in [1.29, 1.82) is 0 Å². The van der Waals surface area contributed by atoms with Gasteiger partial charge in [0.25, 0.3) is 5.91 Å². The summed E-state index contributed by atoms with van der Waals surface area (Å²) in [6.45, 7) is 1.78. The van der Waals surface area contributed by atoms with E-state index in [0.29, 0.717) is 37.4 Å². The van der Waals surface area contributed by atoms with Crippen LogP contribution < -0.4 is 20.7 Å². The molecule has 0 fully saturated rings. The van der Waals surface area contributed by atoms with E-state index in [1.165, 1.54) is 5.56 Å². The molecule has 3 N–H and O–H groups in total. The Morgan fingerprint density at radius 1 is 1.04 bits per heavy atom. The molecule has 5 aromatic rings. The summed E-state index contributed by atoms with van der Waals surface area (Å²) in [6.07, 6.45) is 6.74. The van der Waals surface area contributed by atoms with Gasteiger partial charge in [0.05, 0.1) is 34.6 Å². The Hall–Kier alpha value is -4.32. The van der Waals surface area contributed by atoms with Gasteiger partial charge in [-0.3, -0.25) is 14.6 Å². The fraction of sp³-hybridized carbons (Fsp3) is 0.235. The van der Waals surface area contributed by atoms with E-state index < -0.39 is 6.04 Å². The van der Waals surface area contributed by atoms with Crippen LogP contribution in [0.15, 0.2) is 95.4 Å². The number of likely N-dealkylation sites (N-methyl/N-ethyl adjacent to an activating group) is 1. The third-order valence-electron chi connectivity index (χ3n) is 7.89. The average molecular weight is 686 g/mol. The first kappa shape index (κ1) is 30.7. The van der Waals surface area contributed by atoms with E-state index in [1.807, 2.05) is 60.6 Å². The smallest absolute Gasteiger partial charge is 0.255 e. The molecule has 1 aliphatic rings. The Balaban J connectivity index is 1.12. The summed E-state index contributed by atoms with van der Waals surface area (Å²) in [6, 6.07) is 21.1. The number of thiazole rings is 1. The van der Waals surface area contributed by atoms with Gasteiger partial charge in [-0.1, -0.05) is 64.5 Å². The highest BCUT2D eigenvalue weighted by Crippen LogP contribution is 2.35. The molecule has 3 aromatic carbocycles. The number of hydrogen-bond acceptors (Lipinski definition) is 7. The quantitative estimate of drug-likeness (QED) is 0.169. The number of carbonyl (C=O) groups excluding carboxylic acids is 2. The van der Waals surface area contributed by atoms with Crippen LogP contribution in [-0.2, 0) is 24.3 Å². The maximum Gasteiger partial charge on any atom is 0.255 e. The molecule has 11 heteroatoms. The Morgan fingerprint density at radius 3 is 2.60 bits per heavy atom. The van der Waals surface area contributed by atoms with Gasteiger partial charge in [-0.2, -0.15) is 0 Å². The Labute approximate surface area is 274 Å². The monoisotopic (exact) mass is 684 g/mol. The average Bonchev–Trinajstić information content (AvgIpc) is 3.77. The highest BCUT2D eigenvalue weighted by Gasteiger charge is 2.28. The molecule has 45 heavy (non-hydrogen) atoms. The Bertz CT molecular complexity index is 1760. The second-order valence-corrected chi connectivity index (χ2v) is 12.6. The van der Waals surface area contributed by atoms with Gasteiger partial charge < -0.3 is 25.3 Å². The summed E-state index contributed by atoms with van der Waals surface area (Å²) in [5.41, 5.74) is 7.52. The third kappa shape index (κ3) is 7.33. The van der Waals surface area contributed by atoms with E-state index in [4.69, 9.17) is 4.74 Å². The summed E-state index contributed by atoms with van der Waals surface area (Å²) in [5.74, 6) is -0.0610. The van der Waals surface area contributed by atoms with Crippen molar-refractivity contribution >= 4 is 39.1 Å². The van der Waals surface area contributed by atoms with Crippen LogP contribution in [0, 0.1) is 0 Å². The van der Waals surface area contributed by atoms with Gasteiger partial charge in [0, 0.05) is 61.5 Å². The minimum atomic E-state index is -0.735. The molecule has 0 spiro atoms. The number of nitrogens with zero attached hydrogens (tertiary/aromatic N) is 3. The lowest BCUT2D eigenvalue weighted by Gasteiger charge is -2.28. The predicted molar refractivity (Wildman–Crippen MR) is 178 cm³/mol. The highest BCUT2D eigenvalue weighted by molar-refractivity contribution is 9.10. The molecule has 230 valence electrons. The summed E-state index contributed by atoms with van der Waals surface area (Å²) < 4.78 is 9.15. The van der Waals surface area contributed by atoms with Crippen molar-refractivity contribution in [3.63, 3.8) is 0 Å². The van der Waals surface area contributed by atoms with E-state index in [9.17, 15) is 9.59 Å². The summed E-state index contributed by atoms with van der Waals surface area (Å²) >= 11 is 5.07. The van der Waals surface area contributed by atoms with Crippen LogP contribution in [0.2, 0.25) is 0 Å². The number of rotatable bonds is 11. The van der Waals surface area contributed by atoms with E-state index in [0.717, 1.165) is 38.2 Å². The van der Waals surface area contributed by atoms with Gasteiger partial charge in [-0.05, 0) is 34.9 Å². The molecule has 0 unspecified atom stereocenters. The van der Waals surface area contributed by atoms with Gasteiger partial charge in [-0.15, -0.1) is 11.3 Å². The largest absolute Gasteiger partial charge is 0.492 e. The van der Waals surface area contributed by atoms with Crippen molar-refractivity contribution in [2.75, 3.05) is 13.7 Å². The number of amides is 2. The van der Waals surface area contributed by atoms with Crippen molar-refractivity contribution in [3.05, 3.63) is 123 Å². The SMILES string of the molecule is CNC(=O)[C@H](Cc1ccc(Br)cc1)NC(=O)c1cccc2c1OCC[C@H]2NCc1cncn1Cc1ccc(-c2cncs2)cc1. The molecule has 1 aliphatic heterocycles. The first-order valence-electron chi connectivity index (χ1n) is 14.7. The standard InChI is InChI=1S/C34H33BrN6O3S/c1-36-34(43)30(15-22-7-11-25(35)12-8-22)40-33(42)28-4-2-3-27-29(13-14-44-32(27)28)39-17-26-16-37-20-41(26)19-23-5-9-24(10-6-23)31-18-38-21-45-31/h2-12,16,18,20-21,29-30,39H,13-15,17,19H2,1H3,(H,36,43)(H,40,42)/t29-,30+/m1/s1. The normalized spacial score (nSPS) is 14.7. The zero-order chi connectivity index (χ0) is 31.2. The van der Waals surface area contributed by atoms with Crippen LogP contribution in [0.5, 0.6) is 5.75 Å². The maximum absolute atomic E-state index is 13.5. The number of nitrogens with one attached hydrogen (secondary N) is 3. The van der Waals surface area contributed by atoms with E-state index in [-0.39, 0.29) is 17.9 Å². The van der Waals surface area contributed by atoms with Crippen LogP contribution in [0.1, 0.15) is 45.2 Å². The lowest BCUT2D eigenvalue weighted by Crippen LogP contribution is -2.47. The molecular weight excluding hydrogens is 652 g/mol. The first-order chi connectivity index (χ1) is 22.0. The highest BCUT2D eigenvalue weighted by atomic mass is 79.9. The van der Waals surface area contributed by atoms with Crippen LogP contribution in [0.4, 0.5) is 0 Å². The van der Waals surface area contributed by atoms with Crippen LogP contribution in [-0.4, -0.2) is 46.0 Å². The van der Waals surface area contributed by atoms with Crippen molar-refractivity contribution in [3.8, 4) is 16.2 Å². The number of ether oxygens (including phenoxy) is 1. The van der Waals surface area contributed by atoms with Crippen molar-refractivity contribution in [1.82, 2.24) is 30.5 Å². The lowest BCUT2D eigenvalue weighted by atomic mass is 9.96. The molecule has 2 amide bonds. The fourth-order valence-electron chi connectivity index (χ4n) is 5.49. The molecule has 0 aliphatic carbocycles. The van der Waals surface area contributed by atoms with E-state index in [1.54, 1.807) is 24.5 Å². The summed E-state index contributed by atoms with van der Waals surface area (Å²) in [7, 11) is 1.57. The number of para-hydroxylation sites is 1. The lowest BCUT2D eigenvalue weighted by molar-refractivity contribution is -0.122. The molecule has 6 rings (SSSR count). The molecule has 0 radical (unpaired) electrons. The Morgan fingerprint density at radius 2 is 1.84 bits per heavy atom. The second kappa shape index (κ2) is 14.2. The van der Waals surface area contributed by atoms with Crippen LogP contribution in [0.3, 0.4) is 0 Å². The topological polar surface area (TPSA) is 110 Å². The minimum Gasteiger partial charge on any atom is -0.492 e. The predicted octanol–water partition coefficient (Wildman–Crippen LogP) is 5.52. The molecular formula is C34H33BrN6O3S. The minimum absolute atomic E-state index is 0.0129. The molecule has 2 aromatic heterocycles. The van der Waals surface area contributed by atoms with Gasteiger partial charge in [0.1, 0.15) is 11.8 Å². The van der Waals surface area contributed by atoms with Gasteiger partial charge in [0.2, 0.25) is 5.91 Å². The second-order valence-electron chi connectivity index (χ2n) is 10.8. The van der Waals surface area contributed by atoms with Gasteiger partial charge in [-0.25, -0.2) is 4.98 Å². The molecule has 9 nitrogen and oxygen atoms in total. The van der Waals surface area contributed by atoms with Crippen LogP contribution >= 0.6 is 27.3 Å². The number of imidazole rings is 1. The van der Waals surface area contributed by atoms with Gasteiger partial charge in [0.15, 0.2) is 0 Å². The van der Waals surface area contributed by atoms with E-state index in [2.05, 4.69) is 70.7 Å². The number of fused-ring (bicyclic) bond motifs is 1. The zero-order valence-electron chi connectivity index (χ0n) is 24.7. The first-order valence-corrected chi connectivity index (χ1v) is 16.4. The van der Waals surface area contributed by atoms with E-state index >= 15 is 0 Å². The van der Waals surface area contributed by atoms with Crippen LogP contribution in [0.25, 0.3) is 10.4 Å². The summed E-state index contributed by atoms with van der Waals surface area (Å²) in [4.78, 5) is 36.0. The molecule has 2 atom stereocenters. The Kier molecular flexibility index (Phi) is 9.68. The maximum atomic E-state index is 13.5. The molecule has 0 saturated carbocycles. The third-order valence-corrected chi connectivity index (χ3v) is 9.24. The number of carbonyl (C=O) groups is 2. The molecule has 0 saturated heterocycles.